The van der Waals surface area contributed by atoms with Crippen LogP contribution in [-0.2, 0) is 0 Å². The monoisotopic (exact) mass is 372 g/mol. The van der Waals surface area contributed by atoms with Crippen LogP contribution < -0.4 is 5.43 Å². The van der Waals surface area contributed by atoms with Crippen LogP contribution in [0.5, 0.6) is 0 Å². The average Bonchev–Trinajstić information content (AvgIpc) is 3.09. The zero-order valence-corrected chi connectivity index (χ0v) is 14.8. The molecule has 0 saturated carbocycles. The molecule has 2 aromatic carbocycles. The smallest absolute Gasteiger partial charge is 0.272 e. The summed E-state index contributed by atoms with van der Waals surface area (Å²) in [6, 6.07) is 14.6. The molecule has 0 aliphatic heterocycles. The first-order chi connectivity index (χ1) is 12.0. The molecule has 5 nitrogen and oxygen atoms in total. The zero-order valence-electron chi connectivity index (χ0n) is 13.3. The van der Waals surface area contributed by atoms with Gasteiger partial charge in [-0.05, 0) is 30.7 Å². The summed E-state index contributed by atoms with van der Waals surface area (Å²) >= 11 is 11.8. The lowest BCUT2D eigenvalue weighted by Gasteiger charge is -1.98. The van der Waals surface area contributed by atoms with Crippen molar-refractivity contribution in [3.63, 3.8) is 0 Å². The molecule has 0 aliphatic rings. The molecule has 0 saturated heterocycles. The molecule has 126 valence electrons. The van der Waals surface area contributed by atoms with E-state index in [4.69, 9.17) is 23.2 Å². The number of hydrazone groups is 1. The SMILES string of the molecule is Cc1ccc(-c2cc(C(=O)N/N=C\c3ccc(Cl)c(Cl)c3)[nH]n2)cc1. The summed E-state index contributed by atoms with van der Waals surface area (Å²) < 4.78 is 0. The van der Waals surface area contributed by atoms with E-state index in [0.717, 1.165) is 16.7 Å². The lowest BCUT2D eigenvalue weighted by molar-refractivity contribution is 0.0950. The first-order valence-electron chi connectivity index (χ1n) is 7.44. The minimum absolute atomic E-state index is 0.321. The number of rotatable bonds is 4. The molecule has 0 unspecified atom stereocenters. The van der Waals surface area contributed by atoms with Crippen LogP contribution in [0.3, 0.4) is 0 Å². The maximum Gasteiger partial charge on any atom is 0.289 e. The third kappa shape index (κ3) is 4.26. The number of hydrogen-bond acceptors (Lipinski definition) is 3. The first-order valence-corrected chi connectivity index (χ1v) is 8.19. The number of aromatic nitrogens is 2. The van der Waals surface area contributed by atoms with E-state index < -0.39 is 0 Å². The van der Waals surface area contributed by atoms with Gasteiger partial charge in [-0.1, -0.05) is 59.1 Å². The first kappa shape index (κ1) is 17.2. The van der Waals surface area contributed by atoms with Gasteiger partial charge < -0.3 is 0 Å². The number of halogens is 2. The summed E-state index contributed by atoms with van der Waals surface area (Å²) in [4.78, 5) is 12.1. The van der Waals surface area contributed by atoms with Gasteiger partial charge in [0.15, 0.2) is 0 Å². The number of nitrogens with one attached hydrogen (secondary N) is 2. The van der Waals surface area contributed by atoms with Crippen LogP contribution in [0.15, 0.2) is 53.6 Å². The van der Waals surface area contributed by atoms with E-state index in [1.54, 1.807) is 24.3 Å². The number of nitrogens with zero attached hydrogens (tertiary/aromatic N) is 2. The Labute approximate surface area is 154 Å². The molecule has 25 heavy (non-hydrogen) atoms. The maximum atomic E-state index is 12.1. The number of H-pyrrole nitrogens is 1. The van der Waals surface area contributed by atoms with Crippen molar-refractivity contribution < 1.29 is 4.79 Å². The lowest BCUT2D eigenvalue weighted by atomic mass is 10.1. The minimum atomic E-state index is -0.387. The number of carbonyl (C=O) groups is 1. The Bertz CT molecular complexity index is 933. The fourth-order valence-electron chi connectivity index (χ4n) is 2.13. The summed E-state index contributed by atoms with van der Waals surface area (Å²) in [5.74, 6) is -0.387. The van der Waals surface area contributed by atoms with E-state index >= 15 is 0 Å². The van der Waals surface area contributed by atoms with Crippen LogP contribution in [0, 0.1) is 6.92 Å². The number of aromatic amines is 1. The number of carbonyl (C=O) groups excluding carboxylic acids is 1. The lowest BCUT2D eigenvalue weighted by Crippen LogP contribution is -2.18. The van der Waals surface area contributed by atoms with Crippen molar-refractivity contribution in [3.8, 4) is 11.3 Å². The van der Waals surface area contributed by atoms with Gasteiger partial charge in [0.2, 0.25) is 0 Å². The standard InChI is InChI=1S/C18H14Cl2N4O/c1-11-2-5-13(6-3-11)16-9-17(23-22-16)18(25)24-21-10-12-4-7-14(19)15(20)8-12/h2-10H,1H3,(H,22,23)(H,24,25)/b21-10-. The van der Waals surface area contributed by atoms with Gasteiger partial charge in [0.05, 0.1) is 22.0 Å². The Kier molecular flexibility index (Phi) is 5.16. The van der Waals surface area contributed by atoms with Crippen molar-refractivity contribution in [1.29, 1.82) is 0 Å². The second-order valence-corrected chi connectivity index (χ2v) is 6.22. The average molecular weight is 373 g/mol. The predicted molar refractivity (Wildman–Crippen MR) is 100 cm³/mol. The van der Waals surface area contributed by atoms with Gasteiger partial charge in [0, 0.05) is 5.56 Å². The van der Waals surface area contributed by atoms with Crippen LogP contribution >= 0.6 is 23.2 Å². The summed E-state index contributed by atoms with van der Waals surface area (Å²) in [5, 5.41) is 11.7. The summed E-state index contributed by atoms with van der Waals surface area (Å²) in [6.45, 7) is 2.01. The molecule has 7 heteroatoms. The van der Waals surface area contributed by atoms with Crippen molar-refractivity contribution in [1.82, 2.24) is 15.6 Å². The van der Waals surface area contributed by atoms with Crippen LogP contribution in [-0.4, -0.2) is 22.3 Å². The summed E-state index contributed by atoms with van der Waals surface area (Å²) in [6.07, 6.45) is 1.48. The van der Waals surface area contributed by atoms with Crippen LogP contribution in [0.4, 0.5) is 0 Å². The van der Waals surface area contributed by atoms with Crippen molar-refractivity contribution in [2.45, 2.75) is 6.92 Å². The van der Waals surface area contributed by atoms with Gasteiger partial charge in [-0.3, -0.25) is 9.89 Å². The topological polar surface area (TPSA) is 70.1 Å². The predicted octanol–water partition coefficient (Wildman–Crippen LogP) is 4.46. The van der Waals surface area contributed by atoms with Gasteiger partial charge >= 0.3 is 0 Å². The van der Waals surface area contributed by atoms with E-state index in [1.807, 2.05) is 31.2 Å². The molecule has 2 N–H and O–H groups in total. The second kappa shape index (κ2) is 7.51. The fraction of sp³-hybridized carbons (Fsp3) is 0.0556. The normalized spacial score (nSPS) is 11.0. The van der Waals surface area contributed by atoms with Crippen LogP contribution in [0.2, 0.25) is 10.0 Å². The Morgan fingerprint density at radius 3 is 2.60 bits per heavy atom. The second-order valence-electron chi connectivity index (χ2n) is 5.41. The van der Waals surface area contributed by atoms with Gasteiger partial charge in [-0.15, -0.1) is 0 Å². The number of amides is 1. The Morgan fingerprint density at radius 1 is 1.12 bits per heavy atom. The summed E-state index contributed by atoms with van der Waals surface area (Å²) in [5.41, 5.74) is 6.27. The molecule has 0 radical (unpaired) electrons. The van der Waals surface area contributed by atoms with E-state index in [2.05, 4.69) is 20.7 Å². The molecule has 1 amide bonds. The summed E-state index contributed by atoms with van der Waals surface area (Å²) in [7, 11) is 0. The van der Waals surface area contributed by atoms with E-state index in [0.29, 0.717) is 21.4 Å². The van der Waals surface area contributed by atoms with Gasteiger partial charge in [-0.2, -0.15) is 10.2 Å². The van der Waals surface area contributed by atoms with Crippen molar-refractivity contribution in [2.24, 2.45) is 5.10 Å². The van der Waals surface area contributed by atoms with E-state index in [1.165, 1.54) is 6.21 Å². The Balaban J connectivity index is 1.66. The van der Waals surface area contributed by atoms with Crippen molar-refractivity contribution in [2.75, 3.05) is 0 Å². The molecule has 0 atom stereocenters. The highest BCUT2D eigenvalue weighted by atomic mass is 35.5. The molecule has 3 rings (SSSR count). The maximum absolute atomic E-state index is 12.1. The minimum Gasteiger partial charge on any atom is -0.272 e. The molecule has 1 aromatic heterocycles. The number of hydrogen-bond donors (Lipinski definition) is 2. The Morgan fingerprint density at radius 2 is 1.88 bits per heavy atom. The van der Waals surface area contributed by atoms with Crippen LogP contribution in [0.1, 0.15) is 21.6 Å². The fourth-order valence-corrected chi connectivity index (χ4v) is 2.44. The van der Waals surface area contributed by atoms with Crippen LogP contribution in [0.25, 0.3) is 11.3 Å². The van der Waals surface area contributed by atoms with E-state index in [-0.39, 0.29) is 5.91 Å². The van der Waals surface area contributed by atoms with E-state index in [9.17, 15) is 4.79 Å². The van der Waals surface area contributed by atoms with Crippen molar-refractivity contribution in [3.05, 3.63) is 75.4 Å². The number of aryl methyl sites for hydroxylation is 1. The van der Waals surface area contributed by atoms with Gasteiger partial charge in [0.1, 0.15) is 5.69 Å². The molecular weight excluding hydrogens is 359 g/mol. The zero-order chi connectivity index (χ0) is 17.8. The van der Waals surface area contributed by atoms with Gasteiger partial charge in [-0.25, -0.2) is 5.43 Å². The molecular formula is C18H14Cl2N4O. The largest absolute Gasteiger partial charge is 0.289 e. The van der Waals surface area contributed by atoms with Gasteiger partial charge in [0.25, 0.3) is 5.91 Å². The molecule has 0 aliphatic carbocycles. The highest BCUT2D eigenvalue weighted by Gasteiger charge is 2.10. The molecule has 0 fully saturated rings. The quantitative estimate of drug-likeness (QED) is 0.524. The highest BCUT2D eigenvalue weighted by molar-refractivity contribution is 6.42. The third-order valence-electron chi connectivity index (χ3n) is 3.49. The molecule has 1 heterocycles. The highest BCUT2D eigenvalue weighted by Crippen LogP contribution is 2.22. The molecule has 3 aromatic rings. The molecule has 0 bridgehead atoms. The molecule has 0 spiro atoms. The Hall–Kier alpha value is -2.63. The third-order valence-corrected chi connectivity index (χ3v) is 4.23. The van der Waals surface area contributed by atoms with Crippen molar-refractivity contribution >= 4 is 35.3 Å². The number of benzene rings is 2.